The minimum atomic E-state index is -0.870. The number of terminal acetylenes is 2. The number of aliphatic hydroxyl groups is 3. The standard InChI is InChI=1S/C21H29NO.C20H31NO.C17H23NO3.C14H15N3O5.C14H11NO5.C13H17N.C12H13N/c23-21(19-7-3-1-4-8-19,13-16-22-14-5-2-6-15-22)20-11-9-18(17-20)10-12-20;22-20(18-10-4-1-5-11-18,19-12-6-2-7-13-19)14-17-21-15-8-3-9-16-21;1-18-13-7-8-14(18)10-15(9-13)21-17(20)16(11-19)12-5-3-2-4-6-12;1-3-16(4-2)14(20)10(8-15)5-9-6-11(17(21)22)13(19)12(18)7-9;1-8-2-4-9(5-3-8)13(17)10-6-11(15(19)20)14(18)12(16)7-10;1-4-10-14(3)12(2)11-13-8-6-5-7-9-13;1-2-9-13-12-8-7-10-5-3-4-6-11(10)12/h1,3-4,7-9,11,18,23H,2,5-6,10,12-17H2;1,4-5,10-11,19,22H,2-3,6-9,12-17H2;2-6,13-16,19H,7-11H2,1H3;5-7,18-19H,3-4H2,1-2H3;2-7,16,18H,1H3;1,5-9,12H,10-11H2,2-3H3;1,3-6,12-13H,7-9H2/b;;;10-5+;;;/t;;13-,14?,15?,16-;;;2*12-/m..1..11/s1. The zero-order valence-electron chi connectivity index (χ0n) is 79.5. The molecule has 0 radical (unpaired) electrons. The summed E-state index contributed by atoms with van der Waals surface area (Å²) in [6, 6.07) is 63.8. The first-order valence-electron chi connectivity index (χ1n) is 48.2. The fourth-order valence-corrected chi connectivity index (χ4v) is 20.2. The SMILES string of the molecule is C#CCN(C)[C@H](C)Cc1ccccc1.C#CCN[C@@H]1CCc2ccccc21.CCN(CC)C(=O)/C(C#N)=C/c1cc(O)c(O)c([N+](=O)[O-])c1.CN1C2CC[C@@H]1CC(OC(=O)[C@H](CO)c1ccccc1)C2.Cc1ccc(C(=O)c2cc(O)c(O)c([N+](=O)[O-])c2)cc1.OC(CCN1CCCCC1)(c1ccccc1)C12C=CC(CC1)C2.OC(CCN1CCCCC1)(c1ccccc1)C1CCCCC1. The normalized spacial score (nSPS) is 20.7. The third kappa shape index (κ3) is 29.1. The highest BCUT2D eigenvalue weighted by Gasteiger charge is 2.55. The molecule has 0 aromatic heterocycles. The maximum atomic E-state index is 12.4. The molecule has 1 amide bonds. The molecule has 718 valence electrons. The summed E-state index contributed by atoms with van der Waals surface area (Å²) in [5.41, 5.74) is 5.65. The van der Waals surface area contributed by atoms with Crippen LogP contribution in [0.25, 0.3) is 6.08 Å². The Bertz CT molecular complexity index is 5300. The van der Waals surface area contributed by atoms with E-state index in [1.165, 1.54) is 151 Å². The molecule has 8 N–H and O–H groups in total. The van der Waals surface area contributed by atoms with E-state index < -0.39 is 73.0 Å². The van der Waals surface area contributed by atoms with Crippen LogP contribution in [0.3, 0.4) is 0 Å². The number of nitrogens with zero attached hydrogens (tertiary/aromatic N) is 8. The van der Waals surface area contributed by atoms with Crippen LogP contribution in [0.15, 0.2) is 212 Å². The number of hydrogen-bond donors (Lipinski definition) is 8. The number of aliphatic hydroxyl groups excluding tert-OH is 1. The Morgan fingerprint density at radius 3 is 1.73 bits per heavy atom. The summed E-state index contributed by atoms with van der Waals surface area (Å²) in [5, 5.41) is 105. The quantitative estimate of drug-likeness (QED) is 0.00260. The lowest BCUT2D eigenvalue weighted by Gasteiger charge is -2.44. The number of piperidine rings is 3. The molecular weight excluding hydrogens is 1700 g/mol. The second-order valence-electron chi connectivity index (χ2n) is 37.1. The largest absolute Gasteiger partial charge is 0.504 e. The molecule has 135 heavy (non-hydrogen) atoms. The maximum absolute atomic E-state index is 12.4. The number of carbonyl (C=O) groups excluding carboxylic acids is 3. The van der Waals surface area contributed by atoms with Gasteiger partial charge in [0.2, 0.25) is 11.5 Å². The molecule has 8 aliphatic rings. The molecule has 4 heterocycles. The smallest absolute Gasteiger partial charge is 0.316 e. The van der Waals surface area contributed by atoms with Crippen molar-refractivity contribution >= 4 is 35.1 Å². The third-order valence-corrected chi connectivity index (χ3v) is 28.3. The number of benzene rings is 8. The first-order chi connectivity index (χ1) is 65.1. The van der Waals surface area contributed by atoms with Gasteiger partial charge in [0.25, 0.3) is 5.91 Å². The van der Waals surface area contributed by atoms with Crippen LogP contribution in [-0.2, 0) is 38.4 Å². The van der Waals surface area contributed by atoms with Crippen LogP contribution >= 0.6 is 0 Å². The average molecular weight is 1840 g/mol. The third-order valence-electron chi connectivity index (χ3n) is 28.3. The van der Waals surface area contributed by atoms with Gasteiger partial charge in [0.15, 0.2) is 17.3 Å². The number of nitro benzene ring substituents is 2. The van der Waals surface area contributed by atoms with Gasteiger partial charge in [-0.05, 0) is 253 Å². The van der Waals surface area contributed by atoms with E-state index in [9.17, 15) is 70.4 Å². The molecule has 10 atom stereocenters. The topological polar surface area (TPSA) is 340 Å². The zero-order chi connectivity index (χ0) is 97.0. The highest BCUT2D eigenvalue weighted by atomic mass is 16.6. The van der Waals surface area contributed by atoms with E-state index in [1.807, 2.05) is 49.4 Å². The summed E-state index contributed by atoms with van der Waals surface area (Å²) in [5.74, 6) is 1.45. The second-order valence-corrected chi connectivity index (χ2v) is 37.1. The molecule has 16 rings (SSSR count). The highest BCUT2D eigenvalue weighted by molar-refractivity contribution is 6.10. The summed E-state index contributed by atoms with van der Waals surface area (Å²) in [6.07, 6.45) is 43.6. The molecule has 8 aromatic rings. The lowest BCUT2D eigenvalue weighted by atomic mass is 9.66. The molecule has 0 spiro atoms. The number of esters is 1. The van der Waals surface area contributed by atoms with Gasteiger partial charge < -0.3 is 60.1 Å². The first kappa shape index (κ1) is 105. The molecule has 8 aromatic carbocycles. The molecule has 6 unspecified atom stereocenters. The summed E-state index contributed by atoms with van der Waals surface area (Å²) < 4.78 is 5.70. The van der Waals surface area contributed by atoms with Gasteiger partial charge in [0, 0.05) is 79.0 Å². The number of likely N-dealkylation sites (N-methyl/N-ethyl adjacent to an activating group) is 2. The van der Waals surface area contributed by atoms with Crippen molar-refractivity contribution in [2.24, 2.45) is 17.3 Å². The summed E-state index contributed by atoms with van der Waals surface area (Å²) >= 11 is 0. The van der Waals surface area contributed by atoms with Gasteiger partial charge in [0.1, 0.15) is 23.7 Å². The fraction of sp³-hybridized carbons (Fsp3) is 0.459. The number of phenolic OH excluding ortho intramolecular Hbond substituents is 4. The van der Waals surface area contributed by atoms with Crippen molar-refractivity contribution in [2.45, 2.75) is 223 Å². The first-order valence-corrected chi connectivity index (χ1v) is 48.2. The van der Waals surface area contributed by atoms with Crippen LogP contribution in [0.2, 0.25) is 0 Å². The highest BCUT2D eigenvalue weighted by Crippen LogP contribution is 2.60. The van der Waals surface area contributed by atoms with E-state index in [1.54, 1.807) is 44.2 Å². The van der Waals surface area contributed by atoms with Crippen molar-refractivity contribution < 1.29 is 64.7 Å². The summed E-state index contributed by atoms with van der Waals surface area (Å²) in [4.78, 5) is 67.6. The Balaban J connectivity index is 0.000000164. The molecule has 4 aliphatic carbocycles. The average Bonchev–Trinajstić information content (AvgIpc) is 1.58. The van der Waals surface area contributed by atoms with Crippen molar-refractivity contribution in [3.8, 4) is 53.8 Å². The lowest BCUT2D eigenvalue weighted by molar-refractivity contribution is -0.386. The number of rotatable bonds is 28. The zero-order valence-corrected chi connectivity index (χ0v) is 79.5. The van der Waals surface area contributed by atoms with E-state index in [0.29, 0.717) is 67.7 Å². The minimum Gasteiger partial charge on any atom is -0.504 e. The lowest BCUT2D eigenvalue weighted by Crippen LogP contribution is -2.45. The van der Waals surface area contributed by atoms with Gasteiger partial charge in [0.05, 0.1) is 40.7 Å². The number of nitriles is 1. The maximum Gasteiger partial charge on any atom is 0.316 e. The number of aryl methyl sites for hydroxylation is 2. The number of aromatic hydroxyl groups is 4. The Hall–Kier alpha value is -11.9. The van der Waals surface area contributed by atoms with Gasteiger partial charge in [-0.1, -0.05) is 232 Å². The Kier molecular flexibility index (Phi) is 40.8. The molecule has 6 fully saturated rings. The van der Waals surface area contributed by atoms with E-state index in [-0.39, 0.29) is 40.8 Å². The summed E-state index contributed by atoms with van der Waals surface area (Å²) in [6.45, 7) is 16.5. The van der Waals surface area contributed by atoms with Crippen LogP contribution in [0.4, 0.5) is 11.4 Å². The van der Waals surface area contributed by atoms with Crippen molar-refractivity contribution in [3.05, 3.63) is 288 Å². The van der Waals surface area contributed by atoms with Crippen LogP contribution in [0, 0.1) is 80.4 Å². The summed E-state index contributed by atoms with van der Waals surface area (Å²) in [7, 11) is 4.23. The monoisotopic (exact) mass is 1840 g/mol. The van der Waals surface area contributed by atoms with E-state index >= 15 is 0 Å². The minimum absolute atomic E-state index is 0.00367. The van der Waals surface area contributed by atoms with Gasteiger partial charge in [-0.2, -0.15) is 5.26 Å². The number of amides is 1. The van der Waals surface area contributed by atoms with Gasteiger partial charge >= 0.3 is 17.3 Å². The predicted octanol–water partition coefficient (Wildman–Crippen LogP) is 18.8. The van der Waals surface area contributed by atoms with Gasteiger partial charge in [-0.15, -0.1) is 12.8 Å². The molecule has 24 nitrogen and oxygen atoms in total. The Morgan fingerprint density at radius 2 is 1.20 bits per heavy atom. The number of allylic oxidation sites excluding steroid dienone is 1. The van der Waals surface area contributed by atoms with E-state index in [2.05, 4.69) is 173 Å². The number of nitrogens with one attached hydrogen (secondary N) is 1. The molecular formula is C111H139N9O15. The number of ketones is 1. The second kappa shape index (κ2) is 52.3. The van der Waals surface area contributed by atoms with Crippen molar-refractivity contribution in [1.29, 1.82) is 5.26 Å². The number of phenols is 4. The van der Waals surface area contributed by atoms with Crippen molar-refractivity contribution in [3.63, 3.8) is 0 Å². The van der Waals surface area contributed by atoms with Gasteiger partial charge in [-0.3, -0.25) is 44.8 Å². The number of likely N-dealkylation sites (tertiary alicyclic amines) is 2. The van der Waals surface area contributed by atoms with Crippen molar-refractivity contribution in [1.82, 2.24) is 29.8 Å². The van der Waals surface area contributed by atoms with Crippen LogP contribution in [0.5, 0.6) is 23.0 Å². The molecule has 4 saturated heterocycles. The van der Waals surface area contributed by atoms with Crippen LogP contribution < -0.4 is 5.32 Å². The molecule has 24 heteroatoms. The molecule has 4 aliphatic heterocycles. The van der Waals surface area contributed by atoms with Crippen LogP contribution in [-0.4, -0.2) is 198 Å². The van der Waals surface area contributed by atoms with Crippen molar-refractivity contribution in [2.75, 3.05) is 86.1 Å². The predicted molar refractivity (Wildman–Crippen MR) is 530 cm³/mol. The Labute approximate surface area is 798 Å². The number of nitro groups is 2. The molecule has 2 saturated carbocycles. The number of ether oxygens (including phenoxy) is 1. The Morgan fingerprint density at radius 1 is 0.659 bits per heavy atom. The molecule has 4 bridgehead atoms. The van der Waals surface area contributed by atoms with Gasteiger partial charge in [-0.25, -0.2) is 0 Å². The fourth-order valence-electron chi connectivity index (χ4n) is 20.2. The van der Waals surface area contributed by atoms with E-state index in [4.69, 9.17) is 22.8 Å². The number of hydrogen-bond acceptors (Lipinski definition) is 21. The number of carbonyl (C=O) groups is 3. The van der Waals surface area contributed by atoms with Crippen LogP contribution in [0.1, 0.15) is 228 Å². The number of fused-ring (bicyclic) bond motifs is 5. The van der Waals surface area contributed by atoms with E-state index in [0.717, 1.165) is 111 Å².